The molecule has 0 aromatic heterocycles. The predicted molar refractivity (Wildman–Crippen MR) is 275 cm³/mol. The molecule has 6 rings (SSSR count). The minimum Gasteiger partial charge on any atom is -0.505 e. The summed E-state index contributed by atoms with van der Waals surface area (Å²) in [5.74, 6) is -1.08. The van der Waals surface area contributed by atoms with Gasteiger partial charge in [0.25, 0.3) is 0 Å². The van der Waals surface area contributed by atoms with Gasteiger partial charge >= 0.3 is 13.4 Å². The Labute approximate surface area is 400 Å². The van der Waals surface area contributed by atoms with Gasteiger partial charge in [0.05, 0.1) is 5.56 Å². The minimum atomic E-state index is -3.19. The number of rotatable bonds is 21. The van der Waals surface area contributed by atoms with E-state index in [1.165, 1.54) is 41.0 Å². The lowest BCUT2D eigenvalue weighted by Crippen LogP contribution is -2.32. The van der Waals surface area contributed by atoms with Gasteiger partial charge in [-0.2, -0.15) is 0 Å². The van der Waals surface area contributed by atoms with E-state index in [0.29, 0.717) is 17.4 Å². The van der Waals surface area contributed by atoms with Crippen LogP contribution >= 0.6 is 0 Å². The predicted octanol–water partition coefficient (Wildman–Crippen LogP) is 17.1. The number of aromatic carboxylic acids is 1. The van der Waals surface area contributed by atoms with Crippen LogP contribution in [0.1, 0.15) is 182 Å². The van der Waals surface area contributed by atoms with E-state index in [0.717, 1.165) is 104 Å². The van der Waals surface area contributed by atoms with Gasteiger partial charge in [-0.1, -0.05) is 175 Å². The third-order valence-corrected chi connectivity index (χ3v) is 14.1. The second-order valence-electron chi connectivity index (χ2n) is 20.9. The maximum absolute atomic E-state index is 14.4. The van der Waals surface area contributed by atoms with E-state index in [9.17, 15) is 23.3 Å². The number of anilines is 3. The van der Waals surface area contributed by atoms with Gasteiger partial charge in [0.2, 0.25) is 0 Å². The van der Waals surface area contributed by atoms with E-state index in [-0.39, 0.29) is 27.7 Å². The fourth-order valence-electron chi connectivity index (χ4n) is 10.1. The van der Waals surface area contributed by atoms with Crippen molar-refractivity contribution in [3.8, 4) is 11.1 Å². The summed E-state index contributed by atoms with van der Waals surface area (Å²) in [4.78, 5) is 28.4. The van der Waals surface area contributed by atoms with Crippen LogP contribution in [0.5, 0.6) is 0 Å². The Bertz CT molecular complexity index is 2420. The number of carbonyl (C=O) groups is 2. The smallest absolute Gasteiger partial charge is 0.505 e. The van der Waals surface area contributed by atoms with Gasteiger partial charge < -0.3 is 14.7 Å². The molecule has 0 radical (unpaired) electrons. The Balaban J connectivity index is 1.59. The van der Waals surface area contributed by atoms with Crippen molar-refractivity contribution in [2.75, 3.05) is 4.90 Å². The number of ketones is 1. The molecule has 0 saturated heterocycles. The molecule has 2 atom stereocenters. The summed E-state index contributed by atoms with van der Waals surface area (Å²) in [5.41, 5.74) is 10.5. The van der Waals surface area contributed by atoms with Crippen LogP contribution in [0.25, 0.3) is 16.9 Å². The maximum atomic E-state index is 14.4. The molecule has 5 aromatic carbocycles. The first-order chi connectivity index (χ1) is 31.8. The molecule has 0 heterocycles. The average Bonchev–Trinajstić information content (AvgIpc) is 3.55. The monoisotopic (exact) mass is 908 g/mol. The Morgan fingerprint density at radius 2 is 1.06 bits per heavy atom. The lowest BCUT2D eigenvalue weighted by molar-refractivity contribution is 0.0696. The summed E-state index contributed by atoms with van der Waals surface area (Å²) in [6.07, 6.45) is 11.7. The van der Waals surface area contributed by atoms with Crippen LogP contribution in [0.4, 0.5) is 25.7 Å². The number of carboxylic acid groups (broad SMARTS) is 1. The molecule has 1 aliphatic rings. The summed E-state index contributed by atoms with van der Waals surface area (Å²) in [5, 5.41) is 9.45. The van der Waals surface area contributed by atoms with E-state index in [1.807, 2.05) is 12.1 Å². The summed E-state index contributed by atoms with van der Waals surface area (Å²) in [6.45, 7) is 22.5. The molecule has 5 aromatic rings. The topological polar surface area (TPSA) is 66.8 Å². The lowest BCUT2D eigenvalue weighted by atomic mass is 9.65. The Kier molecular flexibility index (Phi) is 16.4. The molecule has 0 spiro atoms. The van der Waals surface area contributed by atoms with Gasteiger partial charge in [0.15, 0.2) is 5.78 Å². The van der Waals surface area contributed by atoms with Crippen LogP contribution in [0.3, 0.4) is 0 Å². The van der Waals surface area contributed by atoms with Crippen molar-refractivity contribution >= 4 is 42.0 Å². The molecule has 0 saturated carbocycles. The lowest BCUT2D eigenvalue weighted by Gasteiger charge is -2.39. The number of benzene rings is 5. The van der Waals surface area contributed by atoms with Gasteiger partial charge in [-0.15, -0.1) is 0 Å². The molecule has 8 heteroatoms. The van der Waals surface area contributed by atoms with Crippen molar-refractivity contribution in [3.63, 3.8) is 0 Å². The number of unbranched alkanes of at least 4 members (excludes halogenated alkanes) is 2. The van der Waals surface area contributed by atoms with Gasteiger partial charge in [-0.3, -0.25) is 4.79 Å². The number of carboxylic acids is 1. The van der Waals surface area contributed by atoms with Crippen molar-refractivity contribution in [2.45, 2.75) is 150 Å². The summed E-state index contributed by atoms with van der Waals surface area (Å²) >= 11 is 0. The van der Waals surface area contributed by atoms with E-state index in [2.05, 4.69) is 147 Å². The van der Waals surface area contributed by atoms with Crippen LogP contribution in [-0.2, 0) is 20.9 Å². The van der Waals surface area contributed by atoms with Gasteiger partial charge in [0.1, 0.15) is 5.76 Å². The first-order valence-electron chi connectivity index (χ1n) is 24.7. The van der Waals surface area contributed by atoms with Crippen LogP contribution in [0.15, 0.2) is 115 Å². The average molecular weight is 908 g/mol. The van der Waals surface area contributed by atoms with E-state index < -0.39 is 24.6 Å². The molecule has 1 aliphatic carbocycles. The van der Waals surface area contributed by atoms with Crippen molar-refractivity contribution in [1.29, 1.82) is 0 Å². The molecule has 0 bridgehead atoms. The number of fused-ring (bicyclic) bond motifs is 3. The second kappa shape index (κ2) is 21.6. The molecule has 0 aliphatic heterocycles. The Morgan fingerprint density at radius 1 is 0.627 bits per heavy atom. The molecule has 0 amide bonds. The van der Waals surface area contributed by atoms with E-state index >= 15 is 0 Å². The highest BCUT2D eigenvalue weighted by atomic mass is 19.2. The number of carbonyl (C=O) groups excluding carboxylic acids is 1. The first kappa shape index (κ1) is 50.9. The Morgan fingerprint density at radius 3 is 1.49 bits per heavy atom. The molecule has 0 fully saturated rings. The van der Waals surface area contributed by atoms with Crippen LogP contribution in [-0.4, -0.2) is 24.3 Å². The largest absolute Gasteiger partial charge is 0.796 e. The Hall–Kier alpha value is -5.50. The molecule has 5 nitrogen and oxygen atoms in total. The van der Waals surface area contributed by atoms with Gasteiger partial charge in [-0.05, 0) is 123 Å². The molecule has 67 heavy (non-hydrogen) atoms. The van der Waals surface area contributed by atoms with Gasteiger partial charge in [0, 0.05) is 39.7 Å². The maximum Gasteiger partial charge on any atom is 0.796 e. The molecule has 2 unspecified atom stereocenters. The summed E-state index contributed by atoms with van der Waals surface area (Å²) in [6, 6.07) is 36.2. The standard InChI is InChI=1S/C59H72BF2NO4/c1-11-15-17-40(13-3)38-59(39-41(14-4)18-16-12-2)52-35-44(54(64)37-55(67-60(61)62)42-19-21-43(22-20-42)56(65)66)23-33-50(52)51-34-32-49(36-53(51)59)63(47-28-24-45(25-29-47)57(5,6)7)48-30-26-46(27-31-48)58(8,9)10/h19-37,40-41H,11-18,38-39H2,1-10H3,(H,65,66)/b55-37-. The third kappa shape index (κ3) is 11.8. The number of hydrogen-bond donors (Lipinski definition) is 1. The van der Waals surface area contributed by atoms with E-state index in [1.54, 1.807) is 0 Å². The number of allylic oxidation sites excluding steroid dienone is 1. The van der Waals surface area contributed by atoms with Crippen LogP contribution < -0.4 is 4.90 Å². The zero-order chi connectivity index (χ0) is 48.7. The number of nitrogens with zero attached hydrogens (tertiary/aromatic N) is 1. The fraction of sp³-hybridized carbons (Fsp3) is 0.424. The second-order valence-corrected chi connectivity index (χ2v) is 20.9. The first-order valence-corrected chi connectivity index (χ1v) is 24.7. The highest BCUT2D eigenvalue weighted by molar-refractivity contribution is 6.36. The van der Waals surface area contributed by atoms with Crippen molar-refractivity contribution in [2.24, 2.45) is 11.8 Å². The highest BCUT2D eigenvalue weighted by Crippen LogP contribution is 2.58. The van der Waals surface area contributed by atoms with E-state index in [4.69, 9.17) is 4.65 Å². The SMILES string of the molecule is CCCCC(CC)CC1(CC(CC)CCCC)c2cc(C(=O)/C=C(\OB(F)F)c3ccc(C(=O)O)cc3)ccc2-c2ccc(N(c3ccc(C(C)(C)C)cc3)c3ccc(C(C)(C)C)cc3)cc21. The van der Waals surface area contributed by atoms with Crippen LogP contribution in [0.2, 0.25) is 0 Å². The highest BCUT2D eigenvalue weighted by Gasteiger charge is 2.46. The summed E-state index contributed by atoms with van der Waals surface area (Å²) < 4.78 is 32.8. The van der Waals surface area contributed by atoms with Crippen molar-refractivity contribution in [1.82, 2.24) is 0 Å². The molecular formula is C59H72BF2NO4. The molecule has 1 N–H and O–H groups in total. The van der Waals surface area contributed by atoms with Gasteiger partial charge in [-0.25, -0.2) is 13.4 Å². The zero-order valence-corrected chi connectivity index (χ0v) is 41.6. The zero-order valence-electron chi connectivity index (χ0n) is 41.6. The quantitative estimate of drug-likeness (QED) is 0.0344. The third-order valence-electron chi connectivity index (χ3n) is 14.1. The number of hydrogen-bond acceptors (Lipinski definition) is 4. The normalized spacial score (nSPS) is 15.7. The molecular weight excluding hydrogens is 835 g/mol. The summed E-state index contributed by atoms with van der Waals surface area (Å²) in [7, 11) is -3.19. The van der Waals surface area contributed by atoms with Crippen LogP contribution in [0, 0.1) is 11.8 Å². The van der Waals surface area contributed by atoms with Crippen molar-refractivity contribution in [3.05, 3.63) is 154 Å². The minimum absolute atomic E-state index is 0.00103. The molecule has 354 valence electrons. The van der Waals surface area contributed by atoms with Crippen molar-refractivity contribution < 1.29 is 28.0 Å². The number of halogens is 2. The fourth-order valence-corrected chi connectivity index (χ4v) is 10.1.